The maximum Gasteiger partial charge on any atom is 0.257 e. The Balaban J connectivity index is 1.83. The summed E-state index contributed by atoms with van der Waals surface area (Å²) in [4.78, 5) is 12.6. The lowest BCUT2D eigenvalue weighted by Crippen LogP contribution is -2.24. The Hall–Kier alpha value is -2.80. The molecule has 4 nitrogen and oxygen atoms in total. The first-order valence-electron chi connectivity index (χ1n) is 8.43. The van der Waals surface area contributed by atoms with Crippen molar-refractivity contribution in [1.82, 2.24) is 0 Å². The molecule has 4 heteroatoms. The van der Waals surface area contributed by atoms with Crippen LogP contribution in [0.2, 0.25) is 0 Å². The number of carbonyl (C=O) groups excluding carboxylic acids is 1. The molecule has 3 rings (SSSR count). The largest absolute Gasteiger partial charge is 0.382 e. The number of nitriles is 1. The highest BCUT2D eigenvalue weighted by Crippen LogP contribution is 2.25. The molecule has 0 aromatic heterocycles. The minimum absolute atomic E-state index is 0.163. The van der Waals surface area contributed by atoms with E-state index in [0.29, 0.717) is 17.2 Å². The molecule has 1 saturated carbocycles. The van der Waals surface area contributed by atoms with Crippen molar-refractivity contribution in [3.05, 3.63) is 59.7 Å². The fourth-order valence-corrected chi connectivity index (χ4v) is 3.12. The van der Waals surface area contributed by atoms with E-state index in [1.165, 1.54) is 19.3 Å². The molecule has 1 aliphatic rings. The minimum Gasteiger partial charge on any atom is -0.382 e. The molecule has 0 aliphatic heterocycles. The van der Waals surface area contributed by atoms with Crippen LogP contribution in [0.5, 0.6) is 0 Å². The highest BCUT2D eigenvalue weighted by molar-refractivity contribution is 6.08. The van der Waals surface area contributed by atoms with Gasteiger partial charge in [0, 0.05) is 17.4 Å². The quantitative estimate of drug-likeness (QED) is 0.868. The van der Waals surface area contributed by atoms with Crippen molar-refractivity contribution in [2.75, 3.05) is 10.6 Å². The monoisotopic (exact) mass is 319 g/mol. The van der Waals surface area contributed by atoms with Gasteiger partial charge in [0.05, 0.1) is 17.2 Å². The van der Waals surface area contributed by atoms with Crippen molar-refractivity contribution in [1.29, 1.82) is 5.26 Å². The zero-order valence-electron chi connectivity index (χ0n) is 13.6. The van der Waals surface area contributed by atoms with E-state index in [-0.39, 0.29) is 5.91 Å². The number of hydrogen-bond acceptors (Lipinski definition) is 3. The molecule has 2 N–H and O–H groups in total. The molecule has 0 unspecified atom stereocenters. The standard InChI is InChI=1S/C20H21N3O/c21-14-15-11-12-18(20(24)23-17-9-5-2-6-10-17)19(13-15)22-16-7-3-1-4-8-16/h2,5-6,9-13,16,22H,1,3-4,7-8H2,(H,23,24). The first-order chi connectivity index (χ1) is 11.8. The average molecular weight is 319 g/mol. The van der Waals surface area contributed by atoms with Gasteiger partial charge in [0.1, 0.15) is 0 Å². The van der Waals surface area contributed by atoms with Gasteiger partial charge in [-0.1, -0.05) is 37.5 Å². The Morgan fingerprint density at radius 3 is 2.50 bits per heavy atom. The molecule has 0 bridgehead atoms. The average Bonchev–Trinajstić information content (AvgIpc) is 2.63. The summed E-state index contributed by atoms with van der Waals surface area (Å²) in [5, 5.41) is 15.5. The molecule has 1 amide bonds. The molecule has 2 aromatic rings. The Morgan fingerprint density at radius 2 is 1.79 bits per heavy atom. The van der Waals surface area contributed by atoms with Crippen LogP contribution in [0.25, 0.3) is 0 Å². The molecular weight excluding hydrogens is 298 g/mol. The first-order valence-corrected chi connectivity index (χ1v) is 8.43. The van der Waals surface area contributed by atoms with E-state index in [9.17, 15) is 4.79 Å². The lowest BCUT2D eigenvalue weighted by Gasteiger charge is -2.25. The van der Waals surface area contributed by atoms with E-state index in [1.54, 1.807) is 18.2 Å². The number of benzene rings is 2. The van der Waals surface area contributed by atoms with Gasteiger partial charge in [-0.2, -0.15) is 5.26 Å². The number of amides is 1. The van der Waals surface area contributed by atoms with Gasteiger partial charge in [-0.3, -0.25) is 4.79 Å². The first kappa shape index (κ1) is 16.1. The Bertz CT molecular complexity index is 743. The van der Waals surface area contributed by atoms with E-state index < -0.39 is 0 Å². The Kier molecular flexibility index (Phi) is 5.12. The van der Waals surface area contributed by atoms with Gasteiger partial charge in [0.2, 0.25) is 0 Å². The number of nitrogens with one attached hydrogen (secondary N) is 2. The van der Waals surface area contributed by atoms with Crippen LogP contribution in [0.15, 0.2) is 48.5 Å². The number of nitrogens with zero attached hydrogens (tertiary/aromatic N) is 1. The fraction of sp³-hybridized carbons (Fsp3) is 0.300. The van der Waals surface area contributed by atoms with E-state index in [0.717, 1.165) is 24.2 Å². The summed E-state index contributed by atoms with van der Waals surface area (Å²) in [7, 11) is 0. The maximum atomic E-state index is 12.6. The summed E-state index contributed by atoms with van der Waals surface area (Å²) < 4.78 is 0. The van der Waals surface area contributed by atoms with Crippen molar-refractivity contribution in [3.8, 4) is 6.07 Å². The normalized spacial score (nSPS) is 14.6. The van der Waals surface area contributed by atoms with E-state index in [1.807, 2.05) is 30.3 Å². The second-order valence-corrected chi connectivity index (χ2v) is 6.17. The third-order valence-corrected chi connectivity index (χ3v) is 4.39. The number of anilines is 2. The van der Waals surface area contributed by atoms with E-state index in [4.69, 9.17) is 5.26 Å². The van der Waals surface area contributed by atoms with Crippen LogP contribution in [-0.2, 0) is 0 Å². The van der Waals surface area contributed by atoms with Gasteiger partial charge in [-0.05, 0) is 43.2 Å². The molecular formula is C20H21N3O. The second kappa shape index (κ2) is 7.65. The maximum absolute atomic E-state index is 12.6. The summed E-state index contributed by atoms with van der Waals surface area (Å²) in [5.74, 6) is -0.163. The zero-order valence-corrected chi connectivity index (χ0v) is 13.6. The highest BCUT2D eigenvalue weighted by atomic mass is 16.1. The zero-order chi connectivity index (χ0) is 16.8. The molecule has 0 atom stereocenters. The summed E-state index contributed by atoms with van der Waals surface area (Å²) >= 11 is 0. The lowest BCUT2D eigenvalue weighted by molar-refractivity contribution is 0.102. The molecule has 1 aliphatic carbocycles. The van der Waals surface area contributed by atoms with Crippen LogP contribution < -0.4 is 10.6 Å². The van der Waals surface area contributed by atoms with E-state index >= 15 is 0 Å². The predicted octanol–water partition coefficient (Wildman–Crippen LogP) is 4.56. The molecule has 0 spiro atoms. The van der Waals surface area contributed by atoms with Crippen molar-refractivity contribution in [2.45, 2.75) is 38.1 Å². The Labute approximate surface area is 142 Å². The summed E-state index contributed by atoms with van der Waals surface area (Å²) in [6.07, 6.45) is 5.91. The topological polar surface area (TPSA) is 64.9 Å². The molecule has 0 saturated heterocycles. The third-order valence-electron chi connectivity index (χ3n) is 4.39. The van der Waals surface area contributed by atoms with Crippen molar-refractivity contribution < 1.29 is 4.79 Å². The molecule has 1 fully saturated rings. The van der Waals surface area contributed by atoms with Gasteiger partial charge in [0.15, 0.2) is 0 Å². The minimum atomic E-state index is -0.163. The van der Waals surface area contributed by atoms with Crippen LogP contribution >= 0.6 is 0 Å². The van der Waals surface area contributed by atoms with Gasteiger partial charge < -0.3 is 10.6 Å². The number of para-hydroxylation sites is 1. The number of hydrogen-bond donors (Lipinski definition) is 2. The summed E-state index contributed by atoms with van der Waals surface area (Å²) in [5.41, 5.74) is 2.64. The summed E-state index contributed by atoms with van der Waals surface area (Å²) in [6.45, 7) is 0. The van der Waals surface area contributed by atoms with Crippen LogP contribution in [0.1, 0.15) is 48.0 Å². The highest BCUT2D eigenvalue weighted by Gasteiger charge is 2.18. The number of carbonyl (C=O) groups is 1. The molecule has 0 radical (unpaired) electrons. The fourth-order valence-electron chi connectivity index (χ4n) is 3.12. The van der Waals surface area contributed by atoms with Crippen molar-refractivity contribution in [2.24, 2.45) is 0 Å². The lowest BCUT2D eigenvalue weighted by atomic mass is 9.95. The van der Waals surface area contributed by atoms with Gasteiger partial charge in [-0.15, -0.1) is 0 Å². The van der Waals surface area contributed by atoms with Crippen LogP contribution in [0, 0.1) is 11.3 Å². The van der Waals surface area contributed by atoms with Gasteiger partial charge in [-0.25, -0.2) is 0 Å². The molecule has 0 heterocycles. The molecule has 122 valence electrons. The van der Waals surface area contributed by atoms with Gasteiger partial charge in [0.25, 0.3) is 5.91 Å². The van der Waals surface area contributed by atoms with E-state index in [2.05, 4.69) is 16.7 Å². The SMILES string of the molecule is N#Cc1ccc(C(=O)Nc2ccccc2)c(NC2CCCCC2)c1. The smallest absolute Gasteiger partial charge is 0.257 e. The predicted molar refractivity (Wildman–Crippen MR) is 96.0 cm³/mol. The molecule has 24 heavy (non-hydrogen) atoms. The van der Waals surface area contributed by atoms with Crippen LogP contribution in [0.4, 0.5) is 11.4 Å². The van der Waals surface area contributed by atoms with Crippen LogP contribution in [-0.4, -0.2) is 11.9 Å². The van der Waals surface area contributed by atoms with Gasteiger partial charge >= 0.3 is 0 Å². The second-order valence-electron chi connectivity index (χ2n) is 6.17. The van der Waals surface area contributed by atoms with Crippen molar-refractivity contribution in [3.63, 3.8) is 0 Å². The Morgan fingerprint density at radius 1 is 1.04 bits per heavy atom. The van der Waals surface area contributed by atoms with Crippen molar-refractivity contribution >= 4 is 17.3 Å². The van der Waals surface area contributed by atoms with Crippen LogP contribution in [0.3, 0.4) is 0 Å². The third kappa shape index (κ3) is 3.94. The number of rotatable bonds is 4. The summed E-state index contributed by atoms with van der Waals surface area (Å²) in [6, 6.07) is 17.1. The molecule has 2 aromatic carbocycles.